The molecule has 27 heavy (non-hydrogen) atoms. The van der Waals surface area contributed by atoms with Crippen LogP contribution in [0.5, 0.6) is 0 Å². The van der Waals surface area contributed by atoms with Gasteiger partial charge >= 0.3 is 0 Å². The summed E-state index contributed by atoms with van der Waals surface area (Å²) >= 11 is 0. The van der Waals surface area contributed by atoms with Crippen molar-refractivity contribution in [3.63, 3.8) is 0 Å². The zero-order valence-corrected chi connectivity index (χ0v) is 14.7. The summed E-state index contributed by atoms with van der Waals surface area (Å²) < 4.78 is 5.36. The maximum Gasteiger partial charge on any atom is 0.225 e. The Bertz CT molecular complexity index is 972. The number of nitrogens with one attached hydrogen (secondary N) is 2. The zero-order valence-electron chi connectivity index (χ0n) is 14.7. The van der Waals surface area contributed by atoms with E-state index in [0.29, 0.717) is 19.0 Å². The number of anilines is 2. The van der Waals surface area contributed by atoms with Crippen LogP contribution in [0, 0.1) is 0 Å². The Labute approximate surface area is 157 Å². The average molecular weight is 357 g/mol. The molecule has 3 heterocycles. The van der Waals surface area contributed by atoms with E-state index in [9.17, 15) is 0 Å². The van der Waals surface area contributed by atoms with Crippen molar-refractivity contribution in [2.75, 3.05) is 10.6 Å². The van der Waals surface area contributed by atoms with E-state index in [1.54, 1.807) is 12.5 Å². The first-order valence-electron chi connectivity index (χ1n) is 8.71. The second-order valence-electron chi connectivity index (χ2n) is 5.94. The minimum atomic E-state index is 0.519. The van der Waals surface area contributed by atoms with Crippen LogP contribution in [0.3, 0.4) is 0 Å². The van der Waals surface area contributed by atoms with Crippen LogP contribution >= 0.6 is 0 Å². The van der Waals surface area contributed by atoms with Crippen LogP contribution in [-0.4, -0.2) is 15.0 Å². The molecule has 3 aromatic heterocycles. The van der Waals surface area contributed by atoms with Gasteiger partial charge in [0.2, 0.25) is 5.95 Å². The summed E-state index contributed by atoms with van der Waals surface area (Å²) in [5, 5.41) is 6.55. The van der Waals surface area contributed by atoms with Crippen LogP contribution in [0.2, 0.25) is 0 Å². The monoisotopic (exact) mass is 357 g/mol. The van der Waals surface area contributed by atoms with Crippen LogP contribution in [0.15, 0.2) is 83.6 Å². The molecule has 0 saturated heterocycles. The minimum Gasteiger partial charge on any atom is -0.467 e. The zero-order chi connectivity index (χ0) is 18.3. The fourth-order valence-electron chi connectivity index (χ4n) is 2.64. The molecule has 0 radical (unpaired) electrons. The number of hydrogen-bond acceptors (Lipinski definition) is 6. The van der Waals surface area contributed by atoms with Gasteiger partial charge in [0.15, 0.2) is 0 Å². The Kier molecular flexibility index (Phi) is 5.06. The third kappa shape index (κ3) is 4.49. The van der Waals surface area contributed by atoms with Crippen molar-refractivity contribution in [2.45, 2.75) is 13.1 Å². The Balaban J connectivity index is 1.57. The molecule has 6 nitrogen and oxygen atoms in total. The fraction of sp³-hybridized carbons (Fsp3) is 0.0952. The van der Waals surface area contributed by atoms with Crippen LogP contribution < -0.4 is 10.6 Å². The molecule has 4 rings (SSSR count). The van der Waals surface area contributed by atoms with E-state index in [2.05, 4.69) is 25.6 Å². The topological polar surface area (TPSA) is 75.9 Å². The van der Waals surface area contributed by atoms with Crippen molar-refractivity contribution < 1.29 is 4.42 Å². The van der Waals surface area contributed by atoms with Crippen molar-refractivity contribution in [1.29, 1.82) is 0 Å². The highest BCUT2D eigenvalue weighted by molar-refractivity contribution is 5.64. The van der Waals surface area contributed by atoms with Gasteiger partial charge in [-0.15, -0.1) is 0 Å². The molecule has 0 spiro atoms. The lowest BCUT2D eigenvalue weighted by Crippen LogP contribution is -2.08. The van der Waals surface area contributed by atoms with Gasteiger partial charge in [0.1, 0.15) is 11.6 Å². The van der Waals surface area contributed by atoms with E-state index in [1.807, 2.05) is 66.7 Å². The number of furan rings is 1. The molecule has 0 aliphatic carbocycles. The highest BCUT2D eigenvalue weighted by Crippen LogP contribution is 2.22. The number of nitrogens with zero attached hydrogens (tertiary/aromatic N) is 3. The Morgan fingerprint density at radius 2 is 1.70 bits per heavy atom. The lowest BCUT2D eigenvalue weighted by atomic mass is 10.1. The summed E-state index contributed by atoms with van der Waals surface area (Å²) in [6.45, 7) is 1.11. The first-order valence-corrected chi connectivity index (χ1v) is 8.71. The average Bonchev–Trinajstić information content (AvgIpc) is 3.26. The van der Waals surface area contributed by atoms with Crippen LogP contribution in [0.1, 0.15) is 11.5 Å². The molecule has 0 saturated carbocycles. The molecule has 1 aromatic carbocycles. The van der Waals surface area contributed by atoms with E-state index in [-0.39, 0.29) is 0 Å². The van der Waals surface area contributed by atoms with Crippen molar-refractivity contribution >= 4 is 11.8 Å². The molecule has 6 heteroatoms. The third-order valence-electron chi connectivity index (χ3n) is 3.97. The molecule has 0 aliphatic rings. The molecular formula is C21H19N5O. The van der Waals surface area contributed by atoms with Crippen molar-refractivity contribution in [3.8, 4) is 11.3 Å². The summed E-state index contributed by atoms with van der Waals surface area (Å²) in [5.74, 6) is 2.10. The van der Waals surface area contributed by atoms with Gasteiger partial charge in [0, 0.05) is 17.8 Å². The third-order valence-corrected chi connectivity index (χ3v) is 3.97. The van der Waals surface area contributed by atoms with E-state index in [0.717, 1.165) is 28.5 Å². The van der Waals surface area contributed by atoms with Gasteiger partial charge in [-0.2, -0.15) is 4.98 Å². The van der Waals surface area contributed by atoms with Gasteiger partial charge in [-0.3, -0.25) is 4.98 Å². The van der Waals surface area contributed by atoms with Gasteiger partial charge in [-0.25, -0.2) is 4.98 Å². The molecular weight excluding hydrogens is 338 g/mol. The molecule has 0 bridgehead atoms. The van der Waals surface area contributed by atoms with Gasteiger partial charge in [-0.1, -0.05) is 36.4 Å². The number of aromatic nitrogens is 3. The normalized spacial score (nSPS) is 10.5. The summed E-state index contributed by atoms with van der Waals surface area (Å²) in [4.78, 5) is 13.5. The molecule has 0 amide bonds. The second-order valence-corrected chi connectivity index (χ2v) is 5.94. The van der Waals surface area contributed by atoms with E-state index in [4.69, 9.17) is 4.42 Å². The molecule has 2 N–H and O–H groups in total. The predicted molar refractivity (Wildman–Crippen MR) is 105 cm³/mol. The lowest BCUT2D eigenvalue weighted by molar-refractivity contribution is 0.517. The minimum absolute atomic E-state index is 0.519. The smallest absolute Gasteiger partial charge is 0.225 e. The number of hydrogen-bond donors (Lipinski definition) is 2. The summed E-state index contributed by atoms with van der Waals surface area (Å²) in [5.41, 5.74) is 2.82. The highest BCUT2D eigenvalue weighted by atomic mass is 16.3. The van der Waals surface area contributed by atoms with E-state index in [1.165, 1.54) is 0 Å². The molecule has 0 unspecified atom stereocenters. The Morgan fingerprint density at radius 3 is 2.48 bits per heavy atom. The van der Waals surface area contributed by atoms with Gasteiger partial charge < -0.3 is 15.1 Å². The van der Waals surface area contributed by atoms with Crippen molar-refractivity contribution in [3.05, 3.63) is 90.6 Å². The predicted octanol–water partition coefficient (Wildman–Crippen LogP) is 4.36. The van der Waals surface area contributed by atoms with E-state index < -0.39 is 0 Å². The molecule has 0 atom stereocenters. The van der Waals surface area contributed by atoms with Gasteiger partial charge in [-0.05, 0) is 24.3 Å². The molecule has 0 aliphatic heterocycles. The van der Waals surface area contributed by atoms with Crippen LogP contribution in [-0.2, 0) is 13.1 Å². The Hall–Kier alpha value is -3.67. The quantitative estimate of drug-likeness (QED) is 0.512. The molecule has 4 aromatic rings. The summed E-state index contributed by atoms with van der Waals surface area (Å²) in [7, 11) is 0. The maximum atomic E-state index is 5.36. The van der Waals surface area contributed by atoms with Crippen LogP contribution in [0.4, 0.5) is 11.8 Å². The fourth-order valence-corrected chi connectivity index (χ4v) is 2.64. The number of rotatable bonds is 7. The largest absolute Gasteiger partial charge is 0.467 e. The van der Waals surface area contributed by atoms with Crippen LogP contribution in [0.25, 0.3) is 11.3 Å². The first kappa shape index (κ1) is 16.8. The maximum absolute atomic E-state index is 5.36. The highest BCUT2D eigenvalue weighted by Gasteiger charge is 2.08. The Morgan fingerprint density at radius 1 is 0.815 bits per heavy atom. The van der Waals surface area contributed by atoms with Crippen molar-refractivity contribution in [1.82, 2.24) is 15.0 Å². The second kappa shape index (κ2) is 8.14. The molecule has 134 valence electrons. The van der Waals surface area contributed by atoms with E-state index >= 15 is 0 Å². The summed E-state index contributed by atoms with van der Waals surface area (Å²) in [6.07, 6.45) is 3.43. The van der Waals surface area contributed by atoms with Gasteiger partial charge in [0.25, 0.3) is 0 Å². The van der Waals surface area contributed by atoms with Crippen molar-refractivity contribution in [2.24, 2.45) is 0 Å². The standard InChI is InChI=1S/C21H19N5O/c1-2-7-16(8-3-1)19-13-20(23-14-17-9-4-5-11-22-17)26-21(25-19)24-15-18-10-6-12-27-18/h1-13H,14-15H2,(H2,23,24,25,26). The first-order chi connectivity index (χ1) is 13.4. The lowest BCUT2D eigenvalue weighted by Gasteiger charge is -2.11. The SMILES string of the molecule is c1ccc(-c2cc(NCc3ccccn3)nc(NCc3ccco3)n2)cc1. The van der Waals surface area contributed by atoms with Gasteiger partial charge in [0.05, 0.1) is 30.7 Å². The number of pyridine rings is 1. The number of benzene rings is 1. The molecule has 0 fully saturated rings. The summed E-state index contributed by atoms with van der Waals surface area (Å²) in [6, 6.07) is 21.6.